The second-order valence-corrected chi connectivity index (χ2v) is 36.6. The molecule has 0 saturated carbocycles. The normalized spacial score (nSPS) is 17.7. The van der Waals surface area contributed by atoms with E-state index in [1.54, 1.807) is 62.8 Å². The molecule has 0 N–H and O–H groups in total. The van der Waals surface area contributed by atoms with Gasteiger partial charge in [-0.15, -0.1) is 8.67 Å². The summed E-state index contributed by atoms with van der Waals surface area (Å²) in [6, 6.07) is 9.39. The van der Waals surface area contributed by atoms with Crippen molar-refractivity contribution >= 4 is 106 Å². The molecule has 42 heteroatoms. The van der Waals surface area contributed by atoms with Gasteiger partial charge in [-0.2, -0.15) is 0 Å². The maximum atomic E-state index is 12.7. The zero-order valence-electron chi connectivity index (χ0n) is 73.3. The SMILES string of the molecule is CC(C)(C)OC(=O)N1CCC(COc2cnc(Br)cn2)CC1.CC(C)(C)OC(=O)N1CCC(COc2cnc(N3CCN(C(=O)OCc4ccccc4)CC3=O)cn2)CC1.COOSN1CCN(c2cnc(OCC3CCN(C(=O)OC(C)(C)C)CC3)cn2)C(=O)C1.COOSN1CCN(c2cnc(OCC3CCN(C(=O)OC(C)(C)C)CC3)cn2)C(=O)C1. The van der Waals surface area contributed by atoms with E-state index < -0.39 is 28.5 Å². The molecule has 12 rings (SSSR count). The topological polar surface area (TPSA) is 392 Å². The van der Waals surface area contributed by atoms with Gasteiger partial charge in [0.2, 0.25) is 41.2 Å². The second kappa shape index (κ2) is 47.7. The molecule has 7 fully saturated rings. The molecule has 7 saturated heterocycles. The van der Waals surface area contributed by atoms with Gasteiger partial charge in [-0.1, -0.05) is 30.3 Å². The number of benzene rings is 1. The third kappa shape index (κ3) is 34.1. The van der Waals surface area contributed by atoms with Crippen molar-refractivity contribution in [1.29, 1.82) is 0 Å². The highest BCUT2D eigenvalue weighted by molar-refractivity contribution is 9.10. The summed E-state index contributed by atoms with van der Waals surface area (Å²) in [4.78, 5) is 155. The average molecular weight is 1840 g/mol. The molecule has 0 aliphatic carbocycles. The Morgan fingerprint density at radius 1 is 0.363 bits per heavy atom. The lowest BCUT2D eigenvalue weighted by Crippen LogP contribution is -2.52. The lowest BCUT2D eigenvalue weighted by Gasteiger charge is -2.33. The monoisotopic (exact) mass is 1830 g/mol. The Labute approximate surface area is 741 Å². The quantitative estimate of drug-likeness (QED) is 0.0193. The molecule has 39 nitrogen and oxygen atoms in total. The van der Waals surface area contributed by atoms with Crippen LogP contribution in [0.2, 0.25) is 0 Å². The van der Waals surface area contributed by atoms with Crippen LogP contribution in [-0.2, 0) is 63.1 Å². The number of ether oxygens (including phenoxy) is 9. The number of halogens is 1. The van der Waals surface area contributed by atoms with Gasteiger partial charge in [0.05, 0.1) is 103 Å². The number of aromatic nitrogens is 8. The molecule has 7 aliphatic rings. The fourth-order valence-electron chi connectivity index (χ4n) is 13.1. The smallest absolute Gasteiger partial charge is 0.410 e. The van der Waals surface area contributed by atoms with Gasteiger partial charge in [0, 0.05) is 91.6 Å². The number of rotatable bonds is 23. The largest absolute Gasteiger partial charge is 0.476 e. The number of amides is 8. The molecular weight excluding hydrogens is 1720 g/mol. The Kier molecular flexibility index (Phi) is 37.8. The summed E-state index contributed by atoms with van der Waals surface area (Å²) in [5, 5.41) is 0. The molecule has 7 aliphatic heterocycles. The van der Waals surface area contributed by atoms with Gasteiger partial charge in [-0.05, 0) is 180 Å². The summed E-state index contributed by atoms with van der Waals surface area (Å²) in [6.45, 7) is 33.0. The van der Waals surface area contributed by atoms with E-state index >= 15 is 0 Å². The maximum Gasteiger partial charge on any atom is 0.410 e. The van der Waals surface area contributed by atoms with Crippen LogP contribution in [0.25, 0.3) is 0 Å². The Morgan fingerprint density at radius 3 is 0.927 bits per heavy atom. The molecule has 124 heavy (non-hydrogen) atoms. The minimum atomic E-state index is -0.520. The number of piperazine rings is 3. The first-order chi connectivity index (χ1) is 59.0. The summed E-state index contributed by atoms with van der Waals surface area (Å²) in [5.74, 6) is 4.05. The summed E-state index contributed by atoms with van der Waals surface area (Å²) in [5.41, 5.74) is -1.05. The van der Waals surface area contributed by atoms with Crippen molar-refractivity contribution in [3.8, 4) is 23.5 Å². The van der Waals surface area contributed by atoms with Gasteiger partial charge in [0.25, 0.3) is 0 Å². The van der Waals surface area contributed by atoms with Crippen LogP contribution < -0.4 is 33.6 Å². The molecule has 0 bridgehead atoms. The van der Waals surface area contributed by atoms with Gasteiger partial charge in [0.1, 0.15) is 64.6 Å². The van der Waals surface area contributed by atoms with Gasteiger partial charge >= 0.3 is 30.5 Å². The highest BCUT2D eigenvalue weighted by Crippen LogP contribution is 2.30. The molecule has 0 spiro atoms. The molecule has 682 valence electrons. The fraction of sp³-hybridized carbons (Fsp3) is 0.634. The number of likely N-dealkylation sites (tertiary alicyclic amines) is 4. The van der Waals surface area contributed by atoms with Crippen molar-refractivity contribution in [1.82, 2.24) is 73.0 Å². The maximum absolute atomic E-state index is 12.7. The van der Waals surface area contributed by atoms with E-state index in [1.165, 1.54) is 48.8 Å². The van der Waals surface area contributed by atoms with Crippen molar-refractivity contribution < 1.29 is 99.4 Å². The van der Waals surface area contributed by atoms with E-state index in [9.17, 15) is 38.4 Å². The van der Waals surface area contributed by atoms with Crippen molar-refractivity contribution in [2.24, 2.45) is 23.7 Å². The first kappa shape index (κ1) is 98.2. The molecule has 11 heterocycles. The minimum absolute atomic E-state index is 0.0878. The number of piperidine rings is 4. The number of hydrogen-bond donors (Lipinski definition) is 0. The number of carbonyl (C=O) groups excluding carboxylic acids is 8. The first-order valence-electron chi connectivity index (χ1n) is 41.5. The molecule has 0 radical (unpaired) electrons. The van der Waals surface area contributed by atoms with Crippen LogP contribution in [0.4, 0.5) is 41.4 Å². The standard InChI is InChI=1S/C27H35N5O6.2C20H31N5O6S.C15H22BrN3O3/c1-27(2,3)38-26(35)30-11-9-21(10-12-30)18-36-23-16-28-22(15-29-23)32-14-13-31(17-24(32)33)25(34)37-19-20-7-5-4-6-8-20;2*1-20(2,3)30-19(27)23-7-5-15(6-8-23)14-29-17-12-21-16(11-22-17)25-10-9-24(13-18(25)26)32-31-28-4;1-15(2,3)22-14(20)19-6-4-11(5-7-19)10-21-13-9-17-12(16)8-18-13/h4-8,15-16,21H,9-14,17-19H2,1-3H3;2*11-12,15H,5-10,13-14H2,1-4H3;8-9,11H,4-7,10H2,1-3H3. The Hall–Kier alpha value is -9.56. The van der Waals surface area contributed by atoms with E-state index in [0.717, 1.165) is 81.4 Å². The zero-order valence-corrected chi connectivity index (χ0v) is 76.6. The summed E-state index contributed by atoms with van der Waals surface area (Å²) in [6.07, 6.45) is 17.6. The van der Waals surface area contributed by atoms with Crippen LogP contribution in [-0.4, -0.2) is 295 Å². The summed E-state index contributed by atoms with van der Waals surface area (Å²) < 4.78 is 63.9. The van der Waals surface area contributed by atoms with E-state index in [-0.39, 0.29) is 68.3 Å². The van der Waals surface area contributed by atoms with E-state index in [1.807, 2.05) is 113 Å². The number of nitrogens with zero attached hydrogens (tertiary/aromatic N) is 18. The third-order valence-corrected chi connectivity index (χ3v) is 21.5. The second-order valence-electron chi connectivity index (χ2n) is 34.1. The van der Waals surface area contributed by atoms with Crippen LogP contribution in [0.5, 0.6) is 23.5 Å². The molecule has 5 aromatic rings. The van der Waals surface area contributed by atoms with Gasteiger partial charge < -0.3 is 62.2 Å². The van der Waals surface area contributed by atoms with Crippen LogP contribution in [0.1, 0.15) is 140 Å². The highest BCUT2D eigenvalue weighted by atomic mass is 79.9. The first-order valence-corrected chi connectivity index (χ1v) is 43.7. The van der Waals surface area contributed by atoms with Crippen molar-refractivity contribution in [3.63, 3.8) is 0 Å². The van der Waals surface area contributed by atoms with Gasteiger partial charge in [-0.3, -0.25) is 34.0 Å². The van der Waals surface area contributed by atoms with Crippen LogP contribution in [0, 0.1) is 23.7 Å². The van der Waals surface area contributed by atoms with Crippen LogP contribution in [0.3, 0.4) is 0 Å². The molecule has 8 amide bonds. The molecule has 4 aromatic heterocycles. The minimum Gasteiger partial charge on any atom is -0.476 e. The third-order valence-electron chi connectivity index (χ3n) is 19.7. The Bertz CT molecular complexity index is 4040. The molecule has 0 unspecified atom stereocenters. The van der Waals surface area contributed by atoms with E-state index in [4.69, 9.17) is 51.3 Å². The molecule has 1 aromatic carbocycles. The van der Waals surface area contributed by atoms with Crippen molar-refractivity contribution in [2.75, 3.05) is 167 Å². The molecular formula is C82H119BrN18O21S2. The molecule has 0 atom stereocenters. The van der Waals surface area contributed by atoms with E-state index in [0.29, 0.717) is 187 Å². The number of anilines is 3. The van der Waals surface area contributed by atoms with E-state index in [2.05, 4.69) is 65.6 Å². The predicted octanol–water partition coefficient (Wildman–Crippen LogP) is 11.3. The van der Waals surface area contributed by atoms with Crippen LogP contribution in [0.15, 0.2) is 84.5 Å². The highest BCUT2D eigenvalue weighted by Gasteiger charge is 2.36. The fourth-order valence-corrected chi connectivity index (χ4v) is 14.3. The Balaban J connectivity index is 0.000000190. The lowest BCUT2D eigenvalue weighted by molar-refractivity contribution is -0.164. The zero-order chi connectivity index (χ0) is 89.6. The Morgan fingerprint density at radius 2 is 0.661 bits per heavy atom. The van der Waals surface area contributed by atoms with Gasteiger partial charge in [-0.25, -0.2) is 82.2 Å². The van der Waals surface area contributed by atoms with Crippen LogP contribution >= 0.6 is 40.4 Å². The summed E-state index contributed by atoms with van der Waals surface area (Å²) >= 11 is 5.24. The number of hydrogen-bond acceptors (Lipinski definition) is 33. The summed E-state index contributed by atoms with van der Waals surface area (Å²) in [7, 11) is 2.83. The van der Waals surface area contributed by atoms with Gasteiger partial charge in [0.15, 0.2) is 17.5 Å². The van der Waals surface area contributed by atoms with Crippen molar-refractivity contribution in [2.45, 2.75) is 163 Å². The predicted molar refractivity (Wildman–Crippen MR) is 460 cm³/mol. The average Bonchev–Trinajstić information content (AvgIpc) is 0.805. The number of carbonyl (C=O) groups is 8. The lowest BCUT2D eigenvalue weighted by atomic mass is 9.98. The van der Waals surface area contributed by atoms with Crippen molar-refractivity contribution in [3.05, 3.63) is 90.1 Å².